The maximum atomic E-state index is 2.52. The third-order valence-corrected chi connectivity index (χ3v) is 4.43. The van der Waals surface area contributed by atoms with Gasteiger partial charge in [-0.1, -0.05) is 69.9 Å². The third kappa shape index (κ3) is 6.31. The Labute approximate surface area is 119 Å². The van der Waals surface area contributed by atoms with Crippen LogP contribution in [-0.4, -0.2) is 18.0 Å². The predicted octanol–water partition coefficient (Wildman–Crippen LogP) is 5.44. The van der Waals surface area contributed by atoms with Crippen LogP contribution < -0.4 is 0 Å². The molecule has 108 valence electrons. The molecule has 0 aromatic carbocycles. The van der Waals surface area contributed by atoms with E-state index in [1.54, 1.807) is 5.57 Å². The van der Waals surface area contributed by atoms with Crippen molar-refractivity contribution in [2.75, 3.05) is 13.1 Å². The van der Waals surface area contributed by atoms with E-state index in [0.29, 0.717) is 0 Å². The van der Waals surface area contributed by atoms with Crippen LogP contribution in [0.5, 0.6) is 0 Å². The Balaban J connectivity index is 1.77. The summed E-state index contributed by atoms with van der Waals surface area (Å²) in [6.45, 7) is 2.39. The molecule has 2 aliphatic rings. The Morgan fingerprint density at radius 2 is 1.26 bits per heavy atom. The summed E-state index contributed by atoms with van der Waals surface area (Å²) in [6, 6.07) is 0. The van der Waals surface area contributed by atoms with E-state index in [0.717, 1.165) is 6.54 Å². The lowest BCUT2D eigenvalue weighted by Gasteiger charge is -2.23. The van der Waals surface area contributed by atoms with Gasteiger partial charge in [0, 0.05) is 19.3 Å². The van der Waals surface area contributed by atoms with Crippen molar-refractivity contribution in [1.82, 2.24) is 4.90 Å². The minimum atomic E-state index is 1.13. The third-order valence-electron chi connectivity index (χ3n) is 4.43. The number of fused-ring (bicyclic) bond motifs is 1. The topological polar surface area (TPSA) is 3.24 Å². The average molecular weight is 261 g/mol. The van der Waals surface area contributed by atoms with Gasteiger partial charge >= 0.3 is 0 Å². The summed E-state index contributed by atoms with van der Waals surface area (Å²) in [6.07, 6.45) is 24.2. The molecule has 0 spiro atoms. The van der Waals surface area contributed by atoms with E-state index in [1.807, 2.05) is 0 Å². The van der Waals surface area contributed by atoms with Crippen LogP contribution in [0, 0.1) is 0 Å². The van der Waals surface area contributed by atoms with E-state index >= 15 is 0 Å². The first-order valence-electron chi connectivity index (χ1n) is 8.56. The van der Waals surface area contributed by atoms with Gasteiger partial charge in [0.2, 0.25) is 0 Å². The molecule has 2 aliphatic heterocycles. The van der Waals surface area contributed by atoms with Gasteiger partial charge in [-0.25, -0.2) is 0 Å². The lowest BCUT2D eigenvalue weighted by atomic mass is 10.0. The van der Waals surface area contributed by atoms with Crippen LogP contribution in [0.25, 0.3) is 0 Å². The molecule has 0 atom stereocenters. The van der Waals surface area contributed by atoms with Crippen LogP contribution in [0.4, 0.5) is 0 Å². The van der Waals surface area contributed by atoms with Crippen molar-refractivity contribution >= 4 is 0 Å². The maximum absolute atomic E-state index is 2.52. The molecule has 0 N–H and O–H groups in total. The summed E-state index contributed by atoms with van der Waals surface area (Å²) in [5.74, 6) is 0. The molecule has 0 radical (unpaired) electrons. The monoisotopic (exact) mass is 261 g/mol. The van der Waals surface area contributed by atoms with E-state index in [-0.39, 0.29) is 0 Å². The molecule has 2 bridgehead atoms. The van der Waals surface area contributed by atoms with Crippen molar-refractivity contribution in [2.45, 2.75) is 77.0 Å². The molecule has 2 heterocycles. The van der Waals surface area contributed by atoms with Gasteiger partial charge in [0.25, 0.3) is 0 Å². The van der Waals surface area contributed by atoms with Gasteiger partial charge in [-0.05, 0) is 24.8 Å². The average Bonchev–Trinajstić information content (AvgIpc) is 2.43. The smallest absolute Gasteiger partial charge is 0.0357 e. The quantitative estimate of drug-likeness (QED) is 0.561. The zero-order valence-electron chi connectivity index (χ0n) is 12.6. The normalized spacial score (nSPS) is 24.0. The van der Waals surface area contributed by atoms with Crippen LogP contribution in [0.15, 0.2) is 23.9 Å². The molecule has 0 aromatic heterocycles. The lowest BCUT2D eigenvalue weighted by Crippen LogP contribution is -2.21. The van der Waals surface area contributed by atoms with Gasteiger partial charge in [0.05, 0.1) is 0 Å². The van der Waals surface area contributed by atoms with Gasteiger partial charge in [-0.3, -0.25) is 0 Å². The van der Waals surface area contributed by atoms with E-state index in [1.165, 1.54) is 83.6 Å². The highest BCUT2D eigenvalue weighted by Crippen LogP contribution is 2.18. The van der Waals surface area contributed by atoms with Crippen molar-refractivity contribution in [2.24, 2.45) is 0 Å². The van der Waals surface area contributed by atoms with Gasteiger partial charge in [-0.15, -0.1) is 0 Å². The van der Waals surface area contributed by atoms with Crippen molar-refractivity contribution < 1.29 is 0 Å². The first-order valence-corrected chi connectivity index (χ1v) is 8.56. The van der Waals surface area contributed by atoms with E-state index in [2.05, 4.69) is 23.3 Å². The molecule has 0 saturated heterocycles. The molecular formula is C18H31N. The summed E-state index contributed by atoms with van der Waals surface area (Å²) < 4.78 is 0. The zero-order chi connectivity index (χ0) is 13.2. The summed E-state index contributed by atoms with van der Waals surface area (Å²) in [7, 11) is 0. The molecule has 19 heavy (non-hydrogen) atoms. The fraction of sp³-hybridized carbons (Fsp3) is 0.778. The second kappa shape index (κ2) is 9.23. The summed E-state index contributed by atoms with van der Waals surface area (Å²) >= 11 is 0. The van der Waals surface area contributed by atoms with Crippen LogP contribution in [-0.2, 0) is 0 Å². The number of rotatable bonds is 0. The highest BCUT2D eigenvalue weighted by Gasteiger charge is 2.05. The van der Waals surface area contributed by atoms with Crippen LogP contribution >= 0.6 is 0 Å². The first-order chi connectivity index (χ1) is 9.45. The van der Waals surface area contributed by atoms with Gasteiger partial charge < -0.3 is 4.90 Å². The molecule has 0 amide bonds. The fourth-order valence-electron chi connectivity index (χ4n) is 3.21. The Kier molecular flexibility index (Phi) is 7.13. The molecule has 0 aliphatic carbocycles. The van der Waals surface area contributed by atoms with Crippen molar-refractivity contribution in [3.05, 3.63) is 23.9 Å². The number of hydrogen-bond acceptors (Lipinski definition) is 1. The summed E-state index contributed by atoms with van der Waals surface area (Å²) in [5.41, 5.74) is 1.55. The largest absolute Gasteiger partial charge is 0.373 e. The van der Waals surface area contributed by atoms with Crippen LogP contribution in [0.3, 0.4) is 0 Å². The summed E-state index contributed by atoms with van der Waals surface area (Å²) in [4.78, 5) is 2.52. The van der Waals surface area contributed by atoms with E-state index in [9.17, 15) is 0 Å². The SMILES string of the molecule is C1=CC2=CN(C1)CCCCCCCCCCCCC2. The highest BCUT2D eigenvalue weighted by atomic mass is 15.1. The second-order valence-corrected chi connectivity index (χ2v) is 6.24. The van der Waals surface area contributed by atoms with Gasteiger partial charge in [0.1, 0.15) is 0 Å². The second-order valence-electron chi connectivity index (χ2n) is 6.24. The van der Waals surface area contributed by atoms with Gasteiger partial charge in [-0.2, -0.15) is 0 Å². The maximum Gasteiger partial charge on any atom is 0.0357 e. The molecule has 0 saturated carbocycles. The van der Waals surface area contributed by atoms with Crippen molar-refractivity contribution in [3.63, 3.8) is 0 Å². The minimum absolute atomic E-state index is 1.13. The van der Waals surface area contributed by atoms with Crippen LogP contribution in [0.2, 0.25) is 0 Å². The highest BCUT2D eigenvalue weighted by molar-refractivity contribution is 5.22. The Morgan fingerprint density at radius 3 is 1.95 bits per heavy atom. The molecular weight excluding hydrogens is 230 g/mol. The molecule has 2 rings (SSSR count). The van der Waals surface area contributed by atoms with Gasteiger partial charge in [0.15, 0.2) is 0 Å². The van der Waals surface area contributed by atoms with Crippen molar-refractivity contribution in [3.8, 4) is 0 Å². The zero-order valence-corrected chi connectivity index (χ0v) is 12.6. The Hall–Kier alpha value is -0.720. The number of nitrogens with zero attached hydrogens (tertiary/aromatic N) is 1. The Bertz CT molecular complexity index is 290. The Morgan fingerprint density at radius 1 is 0.684 bits per heavy atom. The lowest BCUT2D eigenvalue weighted by molar-refractivity contribution is 0.386. The molecule has 1 nitrogen and oxygen atoms in total. The minimum Gasteiger partial charge on any atom is -0.373 e. The summed E-state index contributed by atoms with van der Waals surface area (Å²) in [5, 5.41) is 0. The fourth-order valence-corrected chi connectivity index (χ4v) is 3.21. The standard InChI is InChI=1S/C18H31N/c1-2-4-6-8-10-13-18-14-12-16-19(17-18)15-11-9-7-5-3-1/h12,14,17H,1-11,13,15-16H2. The molecule has 0 fully saturated rings. The first kappa shape index (κ1) is 14.7. The number of hydrogen-bond donors (Lipinski definition) is 0. The van der Waals surface area contributed by atoms with E-state index < -0.39 is 0 Å². The van der Waals surface area contributed by atoms with Crippen LogP contribution in [0.1, 0.15) is 77.0 Å². The van der Waals surface area contributed by atoms with Crippen molar-refractivity contribution in [1.29, 1.82) is 0 Å². The molecule has 1 heteroatoms. The molecule has 0 aromatic rings. The molecule has 0 unspecified atom stereocenters. The van der Waals surface area contributed by atoms with E-state index in [4.69, 9.17) is 0 Å². The predicted molar refractivity (Wildman–Crippen MR) is 84.2 cm³/mol. The number of allylic oxidation sites excluding steroid dienone is 2.